The van der Waals surface area contributed by atoms with E-state index in [1.807, 2.05) is 26.0 Å². The third kappa shape index (κ3) is 6.68. The molecule has 2 amide bonds. The Balaban J connectivity index is 2.01. The van der Waals surface area contributed by atoms with Gasteiger partial charge in [0.25, 0.3) is 11.8 Å². The first kappa shape index (κ1) is 22.0. The minimum absolute atomic E-state index is 0.209. The molecule has 0 aromatic heterocycles. The minimum atomic E-state index is -0.369. The average Bonchev–Trinajstić information content (AvgIpc) is 2.71. The molecular weight excluding hydrogens is 368 g/mol. The summed E-state index contributed by atoms with van der Waals surface area (Å²) < 4.78 is 10.9. The molecule has 0 aliphatic rings. The minimum Gasteiger partial charge on any atom is -0.493 e. The zero-order chi connectivity index (χ0) is 21.2. The van der Waals surface area contributed by atoms with Crippen molar-refractivity contribution < 1.29 is 19.1 Å². The topological polar surface area (TPSA) is 76.7 Å². The number of amides is 2. The number of rotatable bonds is 10. The lowest BCUT2D eigenvalue weighted by Crippen LogP contribution is -2.29. The fourth-order valence-corrected chi connectivity index (χ4v) is 2.64. The SMILES string of the molecule is C=CCc1ccc(OCC(=O)Nc2ccccc2C(=O)NCC(C)C)c(OC)c1. The molecule has 154 valence electrons. The van der Waals surface area contributed by atoms with Crippen molar-refractivity contribution >= 4 is 17.5 Å². The summed E-state index contributed by atoms with van der Waals surface area (Å²) in [7, 11) is 1.55. The first-order valence-electron chi connectivity index (χ1n) is 9.52. The van der Waals surface area contributed by atoms with Crippen molar-refractivity contribution in [3.8, 4) is 11.5 Å². The Hall–Kier alpha value is -3.28. The second kappa shape index (κ2) is 10.9. The highest BCUT2D eigenvalue weighted by molar-refractivity contribution is 6.04. The van der Waals surface area contributed by atoms with Crippen LogP contribution in [0.3, 0.4) is 0 Å². The highest BCUT2D eigenvalue weighted by atomic mass is 16.5. The largest absolute Gasteiger partial charge is 0.493 e. The molecule has 2 rings (SSSR count). The van der Waals surface area contributed by atoms with Crippen molar-refractivity contribution in [2.45, 2.75) is 20.3 Å². The normalized spacial score (nSPS) is 10.3. The molecule has 2 aromatic carbocycles. The fraction of sp³-hybridized carbons (Fsp3) is 0.304. The molecule has 29 heavy (non-hydrogen) atoms. The second-order valence-electron chi connectivity index (χ2n) is 6.96. The summed E-state index contributed by atoms with van der Waals surface area (Å²) in [6.45, 7) is 8.11. The van der Waals surface area contributed by atoms with Gasteiger partial charge in [0.2, 0.25) is 0 Å². The molecular formula is C23H28N2O4. The first-order chi connectivity index (χ1) is 13.9. The number of hydrogen-bond acceptors (Lipinski definition) is 4. The third-order valence-corrected chi connectivity index (χ3v) is 4.08. The van der Waals surface area contributed by atoms with Crippen LogP contribution in [0.5, 0.6) is 11.5 Å². The van der Waals surface area contributed by atoms with Crippen LogP contribution in [-0.4, -0.2) is 32.1 Å². The monoisotopic (exact) mass is 396 g/mol. The van der Waals surface area contributed by atoms with Crippen LogP contribution >= 0.6 is 0 Å². The Morgan fingerprint density at radius 1 is 1.14 bits per heavy atom. The number of carbonyl (C=O) groups is 2. The molecule has 0 spiro atoms. The standard InChI is InChI=1S/C23H28N2O4/c1-5-8-17-11-12-20(21(13-17)28-4)29-15-22(26)25-19-10-7-6-9-18(19)23(27)24-14-16(2)3/h5-7,9-13,16H,1,8,14-15H2,2-4H3,(H,24,27)(H,25,26). The number of benzene rings is 2. The summed E-state index contributed by atoms with van der Waals surface area (Å²) in [5.74, 6) is 0.757. The number of hydrogen-bond donors (Lipinski definition) is 2. The van der Waals surface area contributed by atoms with Gasteiger partial charge in [0.15, 0.2) is 18.1 Å². The zero-order valence-corrected chi connectivity index (χ0v) is 17.2. The summed E-state index contributed by atoms with van der Waals surface area (Å²) in [4.78, 5) is 24.8. The smallest absolute Gasteiger partial charge is 0.262 e. The molecule has 2 aromatic rings. The van der Waals surface area contributed by atoms with Crippen LogP contribution in [0, 0.1) is 5.92 Å². The van der Waals surface area contributed by atoms with Gasteiger partial charge in [0, 0.05) is 6.54 Å². The molecule has 6 nitrogen and oxygen atoms in total. The predicted molar refractivity (Wildman–Crippen MR) is 115 cm³/mol. The maximum atomic E-state index is 12.4. The van der Waals surface area contributed by atoms with Crippen LogP contribution in [0.4, 0.5) is 5.69 Å². The van der Waals surface area contributed by atoms with Crippen LogP contribution < -0.4 is 20.1 Å². The Kier molecular flexibility index (Phi) is 8.27. The second-order valence-corrected chi connectivity index (χ2v) is 6.96. The maximum absolute atomic E-state index is 12.4. The maximum Gasteiger partial charge on any atom is 0.262 e. The van der Waals surface area contributed by atoms with Crippen LogP contribution in [0.15, 0.2) is 55.1 Å². The average molecular weight is 396 g/mol. The number of nitrogens with one attached hydrogen (secondary N) is 2. The molecule has 0 fully saturated rings. The Morgan fingerprint density at radius 2 is 1.90 bits per heavy atom. The van der Waals surface area contributed by atoms with E-state index in [1.165, 1.54) is 0 Å². The van der Waals surface area contributed by atoms with Crippen molar-refractivity contribution in [3.05, 3.63) is 66.2 Å². The lowest BCUT2D eigenvalue weighted by molar-refractivity contribution is -0.118. The number of methoxy groups -OCH3 is 1. The molecule has 0 unspecified atom stereocenters. The number of carbonyl (C=O) groups excluding carboxylic acids is 2. The van der Waals surface area contributed by atoms with Crippen molar-refractivity contribution in [2.24, 2.45) is 5.92 Å². The summed E-state index contributed by atoms with van der Waals surface area (Å²) >= 11 is 0. The van der Waals surface area contributed by atoms with E-state index in [9.17, 15) is 9.59 Å². The molecule has 0 radical (unpaired) electrons. The molecule has 0 aliphatic carbocycles. The van der Waals surface area contributed by atoms with E-state index < -0.39 is 0 Å². The zero-order valence-electron chi connectivity index (χ0n) is 17.2. The third-order valence-electron chi connectivity index (χ3n) is 4.08. The summed E-state index contributed by atoms with van der Waals surface area (Å²) in [5, 5.41) is 5.60. The summed E-state index contributed by atoms with van der Waals surface area (Å²) in [6.07, 6.45) is 2.52. The Morgan fingerprint density at radius 3 is 2.59 bits per heavy atom. The van der Waals surface area contributed by atoms with Gasteiger partial charge in [-0.1, -0.05) is 38.1 Å². The van der Waals surface area contributed by atoms with Crippen LogP contribution in [0.2, 0.25) is 0 Å². The first-order valence-corrected chi connectivity index (χ1v) is 9.52. The Labute approximate surface area is 171 Å². The molecule has 0 heterocycles. The van der Waals surface area contributed by atoms with E-state index in [0.29, 0.717) is 41.6 Å². The van der Waals surface area contributed by atoms with Gasteiger partial charge in [0.05, 0.1) is 18.4 Å². The summed E-state index contributed by atoms with van der Waals surface area (Å²) in [6, 6.07) is 12.4. The van der Waals surface area contributed by atoms with Gasteiger partial charge in [0.1, 0.15) is 0 Å². The van der Waals surface area contributed by atoms with Crippen LogP contribution in [0.1, 0.15) is 29.8 Å². The molecule has 0 atom stereocenters. The number of anilines is 1. The van der Waals surface area contributed by atoms with E-state index in [1.54, 1.807) is 43.5 Å². The molecule has 2 N–H and O–H groups in total. The van der Waals surface area contributed by atoms with Gasteiger partial charge in [-0.05, 0) is 42.2 Å². The lowest BCUT2D eigenvalue weighted by atomic mass is 10.1. The van der Waals surface area contributed by atoms with E-state index in [2.05, 4.69) is 17.2 Å². The quantitative estimate of drug-likeness (QED) is 0.599. The van der Waals surface area contributed by atoms with E-state index in [0.717, 1.165) is 5.56 Å². The highest BCUT2D eigenvalue weighted by Crippen LogP contribution is 2.28. The van der Waals surface area contributed by atoms with E-state index in [-0.39, 0.29) is 18.4 Å². The predicted octanol–water partition coefficient (Wildman–Crippen LogP) is 3.83. The molecule has 0 saturated carbocycles. The number of ether oxygens (including phenoxy) is 2. The number of para-hydroxylation sites is 1. The van der Waals surface area contributed by atoms with Crippen molar-refractivity contribution in [3.63, 3.8) is 0 Å². The van der Waals surface area contributed by atoms with Gasteiger partial charge < -0.3 is 20.1 Å². The molecule has 0 bridgehead atoms. The lowest BCUT2D eigenvalue weighted by Gasteiger charge is -2.14. The van der Waals surface area contributed by atoms with Gasteiger partial charge in [-0.25, -0.2) is 0 Å². The van der Waals surface area contributed by atoms with Gasteiger partial charge in [-0.3, -0.25) is 9.59 Å². The van der Waals surface area contributed by atoms with E-state index in [4.69, 9.17) is 9.47 Å². The Bertz CT molecular complexity index is 862. The van der Waals surface area contributed by atoms with Gasteiger partial charge >= 0.3 is 0 Å². The van der Waals surface area contributed by atoms with Gasteiger partial charge in [-0.2, -0.15) is 0 Å². The van der Waals surface area contributed by atoms with Crippen LogP contribution in [0.25, 0.3) is 0 Å². The van der Waals surface area contributed by atoms with Gasteiger partial charge in [-0.15, -0.1) is 6.58 Å². The molecule has 6 heteroatoms. The highest BCUT2D eigenvalue weighted by Gasteiger charge is 2.14. The molecule has 0 saturated heterocycles. The summed E-state index contributed by atoms with van der Waals surface area (Å²) in [5.41, 5.74) is 1.89. The number of allylic oxidation sites excluding steroid dienone is 1. The van der Waals surface area contributed by atoms with Crippen LogP contribution in [-0.2, 0) is 11.2 Å². The van der Waals surface area contributed by atoms with Crippen molar-refractivity contribution in [1.82, 2.24) is 5.32 Å². The molecule has 0 aliphatic heterocycles. The van der Waals surface area contributed by atoms with Crippen molar-refractivity contribution in [2.75, 3.05) is 25.6 Å². The van der Waals surface area contributed by atoms with E-state index >= 15 is 0 Å². The van der Waals surface area contributed by atoms with Crippen molar-refractivity contribution in [1.29, 1.82) is 0 Å². The fourth-order valence-electron chi connectivity index (χ4n) is 2.64.